The third-order valence-corrected chi connectivity index (χ3v) is 22.9. The summed E-state index contributed by atoms with van der Waals surface area (Å²) in [5, 5.41) is 20.1. The van der Waals surface area contributed by atoms with E-state index >= 15 is 0 Å². The molecule has 2 aromatic carbocycles. The second-order valence-electron chi connectivity index (χ2n) is 17.5. The molecule has 258 valence electrons. The zero-order valence-corrected chi connectivity index (χ0v) is 36.8. The molecule has 0 radical (unpaired) electrons. The number of rotatable bonds is 14. The van der Waals surface area contributed by atoms with Crippen molar-refractivity contribution in [2.75, 3.05) is 0 Å². The first-order valence-corrected chi connectivity index (χ1v) is 32.7. The Balaban J connectivity index is 0.000000472. The predicted octanol–water partition coefficient (Wildman–Crippen LogP) is 11.1. The summed E-state index contributed by atoms with van der Waals surface area (Å²) < 4.78 is 19.5. The van der Waals surface area contributed by atoms with Gasteiger partial charge in [0.05, 0.1) is 0 Å². The lowest BCUT2D eigenvalue weighted by Gasteiger charge is -2.38. The first-order chi connectivity index (χ1) is 20.1. The Morgan fingerprint density at radius 3 is 1.44 bits per heavy atom. The topological polar surface area (TPSA) is 68.2 Å². The molecule has 2 N–H and O–H groups in total. The molecule has 10 heteroatoms. The fourth-order valence-corrected chi connectivity index (χ4v) is 26.4. The van der Waals surface area contributed by atoms with Crippen LogP contribution >= 0.6 is 0 Å². The van der Waals surface area contributed by atoms with E-state index in [1.807, 2.05) is 18.2 Å². The fraction of sp³-hybridized carbons (Fsp3) is 0.657. The minimum Gasteiger partial charge on any atom is -0.508 e. The van der Waals surface area contributed by atoms with E-state index in [4.69, 9.17) is 12.3 Å². The summed E-state index contributed by atoms with van der Waals surface area (Å²) in [6, 6.07) is 14.0. The fourth-order valence-electron chi connectivity index (χ4n) is 5.77. The lowest BCUT2D eigenvalue weighted by molar-refractivity contribution is 0.381. The van der Waals surface area contributed by atoms with Crippen LogP contribution < -0.4 is 0 Å². The van der Waals surface area contributed by atoms with E-state index in [0.717, 1.165) is 48.9 Å². The zero-order chi connectivity index (χ0) is 35.1. The van der Waals surface area contributed by atoms with Crippen molar-refractivity contribution in [1.29, 1.82) is 0 Å². The van der Waals surface area contributed by atoms with Gasteiger partial charge in [0.15, 0.2) is 33.3 Å². The molecule has 2 rings (SSSR count). The number of aryl methyl sites for hydroxylation is 3. The lowest BCUT2D eigenvalue weighted by atomic mass is 9.85. The van der Waals surface area contributed by atoms with Gasteiger partial charge in [0.25, 0.3) is 0 Å². The van der Waals surface area contributed by atoms with E-state index in [-0.39, 0.29) is 5.41 Å². The molecule has 0 saturated carbocycles. The van der Waals surface area contributed by atoms with Gasteiger partial charge in [-0.25, -0.2) is 0 Å². The van der Waals surface area contributed by atoms with E-state index in [9.17, 15) is 10.2 Å². The average molecular weight is 709 g/mol. The number of benzene rings is 2. The molecular weight excluding hydrogens is 641 g/mol. The Morgan fingerprint density at radius 2 is 1.00 bits per heavy atom. The molecule has 0 bridgehead atoms. The summed E-state index contributed by atoms with van der Waals surface area (Å²) in [5.41, 5.74) is 4.67. The second-order valence-corrected chi connectivity index (χ2v) is 39.4. The molecule has 5 nitrogen and oxygen atoms in total. The molecule has 45 heavy (non-hydrogen) atoms. The van der Waals surface area contributed by atoms with Crippen LogP contribution in [-0.2, 0) is 30.6 Å². The maximum Gasteiger partial charge on any atom is 0.314 e. The van der Waals surface area contributed by atoms with Crippen molar-refractivity contribution in [2.24, 2.45) is 0 Å². The SMILES string of the molecule is CC(C)(C)c1ccc(O)c(CCC[Si](C)(O[Si](C)(C)C)O[Si](C)(C)C)c1.Cc1ccc(O)c(CCC[Si](C)(C)O[Si](C)(C)C)c1. The van der Waals surface area contributed by atoms with E-state index < -0.39 is 41.8 Å². The van der Waals surface area contributed by atoms with Crippen molar-refractivity contribution in [3.05, 3.63) is 58.7 Å². The summed E-state index contributed by atoms with van der Waals surface area (Å²) >= 11 is 0. The molecule has 0 atom stereocenters. The molecule has 0 aromatic heterocycles. The molecular formula is C35H68O5Si5. The van der Waals surface area contributed by atoms with E-state index in [1.54, 1.807) is 6.07 Å². The van der Waals surface area contributed by atoms with Crippen molar-refractivity contribution in [1.82, 2.24) is 0 Å². The van der Waals surface area contributed by atoms with E-state index in [0.29, 0.717) is 11.5 Å². The van der Waals surface area contributed by atoms with Crippen molar-refractivity contribution in [3.8, 4) is 11.5 Å². The van der Waals surface area contributed by atoms with Gasteiger partial charge in [-0.1, -0.05) is 50.6 Å². The van der Waals surface area contributed by atoms with Crippen LogP contribution in [0.3, 0.4) is 0 Å². The first kappa shape index (κ1) is 42.0. The molecule has 0 aliphatic rings. The van der Waals surface area contributed by atoms with Crippen LogP contribution in [0.15, 0.2) is 36.4 Å². The molecule has 0 aliphatic heterocycles. The van der Waals surface area contributed by atoms with Crippen LogP contribution in [0.1, 0.15) is 55.9 Å². The van der Waals surface area contributed by atoms with Gasteiger partial charge in [-0.3, -0.25) is 0 Å². The van der Waals surface area contributed by atoms with Gasteiger partial charge in [-0.05, 0) is 157 Å². The van der Waals surface area contributed by atoms with Gasteiger partial charge in [0.2, 0.25) is 0 Å². The molecule has 0 saturated heterocycles. The first-order valence-electron chi connectivity index (χ1n) is 16.8. The summed E-state index contributed by atoms with van der Waals surface area (Å²) in [4.78, 5) is 0. The number of aromatic hydroxyl groups is 2. The molecule has 0 spiro atoms. The highest BCUT2D eigenvalue weighted by atomic mass is 28.5. The number of phenols is 2. The van der Waals surface area contributed by atoms with Gasteiger partial charge < -0.3 is 22.6 Å². The summed E-state index contributed by atoms with van der Waals surface area (Å²) in [6.07, 6.45) is 3.89. The smallest absolute Gasteiger partial charge is 0.314 e. The van der Waals surface area contributed by atoms with Crippen LogP contribution in [0.5, 0.6) is 11.5 Å². The highest BCUT2D eigenvalue weighted by Crippen LogP contribution is 2.31. The van der Waals surface area contributed by atoms with Crippen molar-refractivity contribution < 1.29 is 22.6 Å². The van der Waals surface area contributed by atoms with Gasteiger partial charge in [-0.15, -0.1) is 0 Å². The van der Waals surface area contributed by atoms with E-state index in [2.05, 4.69) is 118 Å². The normalized spacial score (nSPS) is 13.4. The van der Waals surface area contributed by atoms with Gasteiger partial charge in [0.1, 0.15) is 11.5 Å². The van der Waals surface area contributed by atoms with Crippen LogP contribution in [0, 0.1) is 6.92 Å². The number of hydrogen-bond donors (Lipinski definition) is 2. The molecule has 0 amide bonds. The maximum absolute atomic E-state index is 10.3. The Hall–Kier alpha value is -0.996. The Labute approximate surface area is 282 Å². The summed E-state index contributed by atoms with van der Waals surface area (Å²) in [5.74, 6) is 0.829. The largest absolute Gasteiger partial charge is 0.508 e. The molecule has 2 aromatic rings. The van der Waals surface area contributed by atoms with Crippen LogP contribution in [0.2, 0.25) is 90.7 Å². The minimum absolute atomic E-state index is 0.0909. The highest BCUT2D eigenvalue weighted by Gasteiger charge is 2.39. The lowest BCUT2D eigenvalue weighted by Crippen LogP contribution is -2.52. The minimum atomic E-state index is -2.20. The second kappa shape index (κ2) is 16.4. The standard InChI is InChI=1S/C20H40O3Si3.C15H28O2Si2/c1-20(2,3)18-13-14-19(21)17(16-18)12-11-15-26(10,22-24(4,5)6)23-25(7,8)9;1-13-9-10-15(16)14(12-13)8-7-11-19(5,6)17-18(2,3)4/h13-14,16,21H,11-12,15H2,1-10H3;9-10,12,16H,7-8,11H2,1-6H3. The van der Waals surface area contributed by atoms with Crippen molar-refractivity contribution >= 4 is 41.8 Å². The van der Waals surface area contributed by atoms with Crippen molar-refractivity contribution in [3.63, 3.8) is 0 Å². The summed E-state index contributed by atoms with van der Waals surface area (Å²) in [6.45, 7) is 35.7. The van der Waals surface area contributed by atoms with Gasteiger partial charge in [-0.2, -0.15) is 0 Å². The Kier molecular flexibility index (Phi) is 15.3. The Bertz CT molecular complexity index is 1190. The van der Waals surface area contributed by atoms with Gasteiger partial charge in [0, 0.05) is 0 Å². The number of hydrogen-bond acceptors (Lipinski definition) is 5. The quantitative estimate of drug-likeness (QED) is 0.191. The monoisotopic (exact) mass is 708 g/mol. The third kappa shape index (κ3) is 18.2. The average Bonchev–Trinajstić information content (AvgIpc) is 2.78. The summed E-state index contributed by atoms with van der Waals surface area (Å²) in [7, 11) is -8.49. The maximum atomic E-state index is 10.3. The van der Waals surface area contributed by atoms with Crippen LogP contribution in [0.4, 0.5) is 0 Å². The zero-order valence-electron chi connectivity index (χ0n) is 31.8. The third-order valence-electron chi connectivity index (χ3n) is 7.11. The highest BCUT2D eigenvalue weighted by molar-refractivity contribution is 6.87. The van der Waals surface area contributed by atoms with Gasteiger partial charge >= 0.3 is 8.56 Å². The molecule has 0 aliphatic carbocycles. The number of phenolic OH excluding ortho intramolecular Hbond substituents is 2. The Morgan fingerprint density at radius 1 is 0.578 bits per heavy atom. The van der Waals surface area contributed by atoms with E-state index in [1.165, 1.54) is 11.1 Å². The predicted molar refractivity (Wildman–Crippen MR) is 208 cm³/mol. The molecule has 0 heterocycles. The van der Waals surface area contributed by atoms with Crippen LogP contribution in [-0.4, -0.2) is 52.0 Å². The molecule has 0 fully saturated rings. The van der Waals surface area contributed by atoms with Crippen LogP contribution in [0.25, 0.3) is 0 Å². The van der Waals surface area contributed by atoms with Crippen molar-refractivity contribution in [2.45, 2.75) is 149 Å². The molecule has 0 unspecified atom stereocenters.